The lowest BCUT2D eigenvalue weighted by atomic mass is 10.2. The van der Waals surface area contributed by atoms with Crippen molar-refractivity contribution in [1.82, 2.24) is 10.2 Å². The molecule has 0 unspecified atom stereocenters. The van der Waals surface area contributed by atoms with E-state index in [0.717, 1.165) is 18.9 Å². The molecule has 1 aromatic carbocycles. The third-order valence-corrected chi connectivity index (χ3v) is 2.30. The van der Waals surface area contributed by atoms with Gasteiger partial charge in [-0.15, -0.1) is 0 Å². The highest BCUT2D eigenvalue weighted by molar-refractivity contribution is 5.79. The molecule has 1 rings (SSSR count). The Bertz CT molecular complexity index is 336. The van der Waals surface area contributed by atoms with Crippen LogP contribution in [0.4, 0.5) is 0 Å². The van der Waals surface area contributed by atoms with Crippen molar-refractivity contribution in [1.29, 1.82) is 0 Å². The molecule has 0 saturated heterocycles. The topological polar surface area (TPSA) is 47.9 Å². The molecule has 0 radical (unpaired) electrons. The highest BCUT2D eigenvalue weighted by Gasteiger charge is 2.00. The molecule has 0 amide bonds. The molecule has 4 nitrogen and oxygen atoms in total. The molecule has 0 bridgehead atoms. The van der Waals surface area contributed by atoms with E-state index in [2.05, 4.69) is 22.4 Å². The number of nitrogens with zero attached hydrogens (tertiary/aromatic N) is 2. The van der Waals surface area contributed by atoms with Crippen molar-refractivity contribution >= 4 is 5.96 Å². The zero-order valence-electron chi connectivity index (χ0n) is 10.6. The number of aliphatic hydroxyl groups is 1. The Morgan fingerprint density at radius 2 is 2.00 bits per heavy atom. The van der Waals surface area contributed by atoms with Crippen molar-refractivity contribution in [2.45, 2.75) is 13.0 Å². The molecule has 2 N–H and O–H groups in total. The van der Waals surface area contributed by atoms with Crippen LogP contribution in [-0.4, -0.2) is 43.2 Å². The maximum atomic E-state index is 8.73. The SMILES string of the molecule is CN(C)C(=NCc1ccccc1)NCCCO. The van der Waals surface area contributed by atoms with Crippen LogP contribution >= 0.6 is 0 Å². The highest BCUT2D eigenvalue weighted by Crippen LogP contribution is 2.00. The van der Waals surface area contributed by atoms with Crippen molar-refractivity contribution < 1.29 is 5.11 Å². The first-order valence-corrected chi connectivity index (χ1v) is 5.84. The molecule has 0 aromatic heterocycles. The minimum absolute atomic E-state index is 0.201. The van der Waals surface area contributed by atoms with Crippen molar-refractivity contribution in [2.24, 2.45) is 4.99 Å². The van der Waals surface area contributed by atoms with Gasteiger partial charge in [-0.1, -0.05) is 30.3 Å². The number of aliphatic hydroxyl groups excluding tert-OH is 1. The maximum absolute atomic E-state index is 8.73. The Morgan fingerprint density at radius 3 is 2.59 bits per heavy atom. The molecule has 94 valence electrons. The Balaban J connectivity index is 2.52. The van der Waals surface area contributed by atoms with Crippen LogP contribution in [0.25, 0.3) is 0 Å². The average Bonchev–Trinajstić information content (AvgIpc) is 2.34. The van der Waals surface area contributed by atoms with Crippen LogP contribution in [0, 0.1) is 0 Å². The number of guanidine groups is 1. The molecule has 0 fully saturated rings. The van der Waals surface area contributed by atoms with Gasteiger partial charge in [-0.25, -0.2) is 4.99 Å². The molecule has 1 aromatic rings. The van der Waals surface area contributed by atoms with E-state index in [1.54, 1.807) is 0 Å². The lowest BCUT2D eigenvalue weighted by Crippen LogP contribution is -2.37. The quantitative estimate of drug-likeness (QED) is 0.456. The second-order valence-corrected chi connectivity index (χ2v) is 4.02. The first-order valence-electron chi connectivity index (χ1n) is 5.84. The monoisotopic (exact) mass is 235 g/mol. The average molecular weight is 235 g/mol. The van der Waals surface area contributed by atoms with Crippen LogP contribution in [-0.2, 0) is 6.54 Å². The van der Waals surface area contributed by atoms with Gasteiger partial charge in [0.15, 0.2) is 5.96 Å². The van der Waals surface area contributed by atoms with Crippen LogP contribution in [0.5, 0.6) is 0 Å². The summed E-state index contributed by atoms with van der Waals surface area (Å²) in [7, 11) is 3.91. The first-order chi connectivity index (χ1) is 8.24. The van der Waals surface area contributed by atoms with Crippen molar-refractivity contribution in [3.05, 3.63) is 35.9 Å². The molecule has 0 heterocycles. The molecule has 0 atom stereocenters. The van der Waals surface area contributed by atoms with E-state index >= 15 is 0 Å². The fourth-order valence-corrected chi connectivity index (χ4v) is 1.38. The van der Waals surface area contributed by atoms with Crippen molar-refractivity contribution in [3.8, 4) is 0 Å². The summed E-state index contributed by atoms with van der Waals surface area (Å²) in [6.45, 7) is 1.61. The van der Waals surface area contributed by atoms with Gasteiger partial charge in [-0.2, -0.15) is 0 Å². The molecule has 0 aliphatic heterocycles. The second kappa shape index (κ2) is 7.68. The maximum Gasteiger partial charge on any atom is 0.193 e. The number of hydrogen-bond donors (Lipinski definition) is 2. The van der Waals surface area contributed by atoms with Gasteiger partial charge in [0.2, 0.25) is 0 Å². The molecule has 17 heavy (non-hydrogen) atoms. The number of rotatable bonds is 5. The van der Waals surface area contributed by atoms with Crippen LogP contribution in [0.2, 0.25) is 0 Å². The second-order valence-electron chi connectivity index (χ2n) is 4.02. The fraction of sp³-hybridized carbons (Fsp3) is 0.462. The Labute approximate surface area is 103 Å². The first kappa shape index (κ1) is 13.5. The Kier molecular flexibility index (Phi) is 6.10. The van der Waals surface area contributed by atoms with E-state index in [1.165, 1.54) is 5.56 Å². The summed E-state index contributed by atoms with van der Waals surface area (Å²) in [6.07, 6.45) is 0.734. The minimum atomic E-state index is 0.201. The normalized spacial score (nSPS) is 11.4. The van der Waals surface area contributed by atoms with E-state index in [1.807, 2.05) is 37.2 Å². The molecule has 4 heteroatoms. The van der Waals surface area contributed by atoms with Gasteiger partial charge in [0.25, 0.3) is 0 Å². The third-order valence-electron chi connectivity index (χ3n) is 2.30. The summed E-state index contributed by atoms with van der Waals surface area (Å²) < 4.78 is 0. The minimum Gasteiger partial charge on any atom is -0.396 e. The lowest BCUT2D eigenvalue weighted by Gasteiger charge is -2.17. The fourth-order valence-electron chi connectivity index (χ4n) is 1.38. The molecule has 0 saturated carbocycles. The summed E-state index contributed by atoms with van der Waals surface area (Å²) in [5, 5.41) is 11.9. The summed E-state index contributed by atoms with van der Waals surface area (Å²) in [5.41, 5.74) is 1.19. The van der Waals surface area contributed by atoms with Gasteiger partial charge in [-0.05, 0) is 12.0 Å². The number of benzene rings is 1. The number of nitrogens with one attached hydrogen (secondary N) is 1. The van der Waals surface area contributed by atoms with Gasteiger partial charge < -0.3 is 15.3 Å². The smallest absolute Gasteiger partial charge is 0.193 e. The van der Waals surface area contributed by atoms with E-state index < -0.39 is 0 Å². The molecule has 0 aliphatic carbocycles. The van der Waals surface area contributed by atoms with Gasteiger partial charge in [0.1, 0.15) is 0 Å². The summed E-state index contributed by atoms with van der Waals surface area (Å²) in [6, 6.07) is 10.1. The van der Waals surface area contributed by atoms with E-state index in [0.29, 0.717) is 6.54 Å². The standard InChI is InChI=1S/C13H21N3O/c1-16(2)13(14-9-6-10-17)15-11-12-7-4-3-5-8-12/h3-5,7-8,17H,6,9-11H2,1-2H3,(H,14,15). The van der Waals surface area contributed by atoms with Crippen LogP contribution in [0.1, 0.15) is 12.0 Å². The summed E-state index contributed by atoms with van der Waals surface area (Å²) in [4.78, 5) is 6.46. The molecule has 0 spiro atoms. The number of hydrogen-bond acceptors (Lipinski definition) is 2. The largest absolute Gasteiger partial charge is 0.396 e. The highest BCUT2D eigenvalue weighted by atomic mass is 16.3. The van der Waals surface area contributed by atoms with Gasteiger partial charge >= 0.3 is 0 Å². The third kappa shape index (κ3) is 5.36. The molecular weight excluding hydrogens is 214 g/mol. The Hall–Kier alpha value is -1.55. The van der Waals surface area contributed by atoms with E-state index in [-0.39, 0.29) is 6.61 Å². The van der Waals surface area contributed by atoms with Crippen LogP contribution in [0.15, 0.2) is 35.3 Å². The van der Waals surface area contributed by atoms with E-state index in [9.17, 15) is 0 Å². The van der Waals surface area contributed by atoms with Crippen LogP contribution < -0.4 is 5.32 Å². The van der Waals surface area contributed by atoms with Crippen LogP contribution in [0.3, 0.4) is 0 Å². The van der Waals surface area contributed by atoms with Crippen molar-refractivity contribution in [2.75, 3.05) is 27.2 Å². The van der Waals surface area contributed by atoms with Crippen molar-refractivity contribution in [3.63, 3.8) is 0 Å². The van der Waals surface area contributed by atoms with Gasteiger partial charge in [-0.3, -0.25) is 0 Å². The van der Waals surface area contributed by atoms with E-state index in [4.69, 9.17) is 5.11 Å². The molecular formula is C13H21N3O. The number of aliphatic imine (C=N–C) groups is 1. The lowest BCUT2D eigenvalue weighted by molar-refractivity contribution is 0.288. The zero-order valence-corrected chi connectivity index (χ0v) is 10.6. The Morgan fingerprint density at radius 1 is 1.29 bits per heavy atom. The van der Waals surface area contributed by atoms with Gasteiger partial charge in [0, 0.05) is 27.2 Å². The predicted molar refractivity (Wildman–Crippen MR) is 71.0 cm³/mol. The predicted octanol–water partition coefficient (Wildman–Crippen LogP) is 1.08. The van der Waals surface area contributed by atoms with Gasteiger partial charge in [0.05, 0.1) is 6.54 Å². The summed E-state index contributed by atoms with van der Waals surface area (Å²) in [5.74, 6) is 0.849. The molecule has 0 aliphatic rings. The summed E-state index contributed by atoms with van der Waals surface area (Å²) >= 11 is 0. The zero-order chi connectivity index (χ0) is 12.5.